The van der Waals surface area contributed by atoms with Crippen LogP contribution in [0.15, 0.2) is 89.6 Å². The van der Waals surface area contributed by atoms with Crippen molar-refractivity contribution in [3.05, 3.63) is 102 Å². The van der Waals surface area contributed by atoms with Gasteiger partial charge in [0.05, 0.1) is 53.4 Å². The lowest BCUT2D eigenvalue weighted by molar-refractivity contribution is 0.593. The number of hydrogen-bond acceptors (Lipinski definition) is 8. The summed E-state index contributed by atoms with van der Waals surface area (Å²) in [5.74, 6) is 0. The first-order chi connectivity index (χ1) is 20.9. The van der Waals surface area contributed by atoms with Crippen molar-refractivity contribution >= 4 is 101 Å². The van der Waals surface area contributed by atoms with Gasteiger partial charge in [0.1, 0.15) is 0 Å². The maximum atomic E-state index is 13.9. The Bertz CT molecular complexity index is 2730. The molecule has 0 bridgehead atoms. The number of benzene rings is 6. The van der Waals surface area contributed by atoms with Gasteiger partial charge in [0.25, 0.3) is 0 Å². The summed E-state index contributed by atoms with van der Waals surface area (Å²) in [6, 6.07) is 13.8. The molecule has 0 aliphatic carbocycles. The number of sulfonamides is 2. The van der Waals surface area contributed by atoms with Gasteiger partial charge in [-0.05, 0) is 12.1 Å². The Morgan fingerprint density at radius 1 is 0.500 bits per heavy atom. The molecule has 0 aliphatic heterocycles. The number of aromatic amines is 2. The molecule has 0 amide bonds. The second-order valence-electron chi connectivity index (χ2n) is 9.99. The highest BCUT2D eigenvalue weighted by Gasteiger charge is 2.27. The predicted molar refractivity (Wildman–Crippen MR) is 169 cm³/mol. The number of H-pyrrole nitrogens is 2. The molecule has 0 saturated heterocycles. The third-order valence-corrected chi connectivity index (χ3v) is 10.2. The van der Waals surface area contributed by atoms with Crippen molar-refractivity contribution in [3.63, 3.8) is 0 Å². The van der Waals surface area contributed by atoms with Crippen LogP contribution in [0.5, 0.6) is 0 Å². The Morgan fingerprint density at radius 3 is 1.09 bits per heavy atom. The Morgan fingerprint density at radius 2 is 0.795 bits per heavy atom. The lowest BCUT2D eigenvalue weighted by Crippen LogP contribution is -2.25. The number of aromatic nitrogens is 2. The molecule has 0 atom stereocenters. The summed E-state index contributed by atoms with van der Waals surface area (Å²) in [6.45, 7) is 0. The smallest absolute Gasteiger partial charge is 0.230 e. The first kappa shape index (κ1) is 27.9. The second kappa shape index (κ2) is 9.30. The molecule has 12 nitrogen and oxygen atoms in total. The molecule has 0 fully saturated rings. The molecule has 0 aliphatic rings. The van der Waals surface area contributed by atoms with Gasteiger partial charge in [-0.1, -0.05) is 48.5 Å². The molecule has 1 aromatic heterocycles. The van der Waals surface area contributed by atoms with E-state index in [1.807, 2.05) is 0 Å². The molecule has 0 spiro atoms. The standard InChI is InChI=1S/C28H14B2N4O8S2/c29-33-43(39,40)17-9-15-23(21-19(17)25(35)11-5-1-3-7-13(11)27(21)37)31-16-10-18(44(41,42)34-30)20-22(24(16)32-15)28(38)14-8-4-2-6-12(14)26(20)36/h1-10,31-34H. The van der Waals surface area contributed by atoms with Crippen LogP contribution in [0.1, 0.15) is 0 Å². The van der Waals surface area contributed by atoms with Crippen LogP contribution in [0.25, 0.3) is 65.2 Å². The minimum atomic E-state index is -4.55. The highest BCUT2D eigenvalue weighted by atomic mass is 32.2. The number of nitrogens with one attached hydrogen (secondary N) is 4. The van der Waals surface area contributed by atoms with Crippen molar-refractivity contribution in [3.8, 4) is 0 Å². The molecule has 7 rings (SSSR count). The van der Waals surface area contributed by atoms with Crippen LogP contribution in [0.2, 0.25) is 0 Å². The molecule has 7 aromatic rings. The zero-order valence-corrected chi connectivity index (χ0v) is 23.6. The highest BCUT2D eigenvalue weighted by Crippen LogP contribution is 2.32. The van der Waals surface area contributed by atoms with Crippen LogP contribution in [0, 0.1) is 0 Å². The molecule has 0 unspecified atom stereocenters. The molecule has 6 aromatic carbocycles. The molecule has 212 valence electrons. The number of fused-ring (bicyclic) bond motifs is 8. The van der Waals surface area contributed by atoms with E-state index in [1.165, 1.54) is 48.5 Å². The average molecular weight is 620 g/mol. The van der Waals surface area contributed by atoms with E-state index >= 15 is 0 Å². The average Bonchev–Trinajstić information content (AvgIpc) is 3.03. The summed E-state index contributed by atoms with van der Waals surface area (Å²) in [5, 5.41) is -1.61. The summed E-state index contributed by atoms with van der Waals surface area (Å²) < 4.78 is 55.7. The SMILES string of the molecule is [B]NS(=O)(=O)c1cc2[nH]c3c(cc(S(=O)(=O)N[B])c4c(=O)c5ccccc5c(=O)c43)[nH]c2c2c(=O)c3ccccc3c(=O)c12. The highest BCUT2D eigenvalue weighted by molar-refractivity contribution is 7.90. The quantitative estimate of drug-likeness (QED) is 0.127. The zero-order valence-electron chi connectivity index (χ0n) is 22.0. The van der Waals surface area contributed by atoms with Gasteiger partial charge < -0.3 is 9.97 Å². The van der Waals surface area contributed by atoms with Crippen molar-refractivity contribution < 1.29 is 16.8 Å². The fourth-order valence-corrected chi connectivity index (χ4v) is 7.52. The summed E-state index contributed by atoms with van der Waals surface area (Å²) in [5.41, 5.74) is -3.22. The van der Waals surface area contributed by atoms with Crippen molar-refractivity contribution in [2.75, 3.05) is 0 Å². The maximum absolute atomic E-state index is 13.9. The topological polar surface area (TPSA) is 192 Å². The van der Waals surface area contributed by atoms with E-state index in [9.17, 15) is 36.0 Å². The molecule has 16 heteroatoms. The van der Waals surface area contributed by atoms with Crippen LogP contribution in [0.4, 0.5) is 0 Å². The van der Waals surface area contributed by atoms with Crippen LogP contribution in [-0.4, -0.2) is 42.8 Å². The van der Waals surface area contributed by atoms with E-state index in [2.05, 4.69) is 9.97 Å². The van der Waals surface area contributed by atoms with Gasteiger partial charge in [-0.3, -0.25) is 28.4 Å². The van der Waals surface area contributed by atoms with E-state index < -0.39 is 62.3 Å². The number of hydrogen-bond donors (Lipinski definition) is 4. The van der Waals surface area contributed by atoms with E-state index in [-0.39, 0.29) is 54.4 Å². The van der Waals surface area contributed by atoms with Crippen LogP contribution < -0.4 is 31.0 Å². The molecular formula is C28H14B2N4O8S2. The second-order valence-corrected chi connectivity index (χ2v) is 13.4. The molecule has 44 heavy (non-hydrogen) atoms. The van der Waals surface area contributed by atoms with E-state index in [4.69, 9.17) is 16.0 Å². The van der Waals surface area contributed by atoms with Crippen LogP contribution >= 0.6 is 0 Å². The van der Waals surface area contributed by atoms with Gasteiger partial charge in [0.2, 0.25) is 36.0 Å². The molecule has 4 N–H and O–H groups in total. The summed E-state index contributed by atoms with van der Waals surface area (Å²) in [6.07, 6.45) is 0. The van der Waals surface area contributed by atoms with Gasteiger partial charge in [0, 0.05) is 21.5 Å². The maximum Gasteiger partial charge on any atom is 0.230 e. The van der Waals surface area contributed by atoms with E-state index in [0.717, 1.165) is 12.1 Å². The van der Waals surface area contributed by atoms with Crippen LogP contribution in [0.3, 0.4) is 0 Å². The predicted octanol–water partition coefficient (Wildman–Crippen LogP) is 0.864. The van der Waals surface area contributed by atoms with Gasteiger partial charge in [-0.25, -0.2) is 16.8 Å². The third kappa shape index (κ3) is 3.65. The Kier molecular flexibility index (Phi) is 5.90. The lowest BCUT2D eigenvalue weighted by Gasteiger charge is -2.15. The Labute approximate surface area is 248 Å². The zero-order chi connectivity index (χ0) is 31.3. The first-order valence-corrected chi connectivity index (χ1v) is 15.7. The molecule has 0 saturated carbocycles. The molecule has 1 heterocycles. The molecular weight excluding hydrogens is 606 g/mol. The van der Waals surface area contributed by atoms with Gasteiger partial charge in [-0.15, -0.1) is 0 Å². The first-order valence-electron chi connectivity index (χ1n) is 12.7. The number of rotatable bonds is 4. The largest absolute Gasteiger partial charge is 0.351 e. The normalized spacial score (nSPS) is 12.7. The third-order valence-electron chi connectivity index (χ3n) is 7.73. The van der Waals surface area contributed by atoms with E-state index in [0.29, 0.717) is 0 Å². The Balaban J connectivity index is 1.84. The van der Waals surface area contributed by atoms with Crippen molar-refractivity contribution in [1.82, 2.24) is 19.2 Å². The fourth-order valence-electron chi connectivity index (χ4n) is 5.80. The minimum Gasteiger partial charge on any atom is -0.351 e. The molecule has 4 radical (unpaired) electrons. The van der Waals surface area contributed by atoms with Crippen molar-refractivity contribution in [2.45, 2.75) is 9.79 Å². The summed E-state index contributed by atoms with van der Waals surface area (Å²) in [4.78, 5) is 59.6. The van der Waals surface area contributed by atoms with Gasteiger partial charge >= 0.3 is 0 Å². The van der Waals surface area contributed by atoms with Gasteiger partial charge in [0.15, 0.2) is 21.7 Å². The Hall–Kier alpha value is -4.89. The summed E-state index contributed by atoms with van der Waals surface area (Å²) >= 11 is 0. The lowest BCUT2D eigenvalue weighted by atomic mass is 9.99. The van der Waals surface area contributed by atoms with Crippen LogP contribution in [-0.2, 0) is 20.0 Å². The minimum absolute atomic E-state index is 0.00785. The fraction of sp³-hybridized carbons (Fsp3) is 0. The van der Waals surface area contributed by atoms with Crippen molar-refractivity contribution in [1.29, 1.82) is 0 Å². The van der Waals surface area contributed by atoms with E-state index in [1.54, 1.807) is 9.27 Å². The summed E-state index contributed by atoms with van der Waals surface area (Å²) in [7, 11) is 1.53. The van der Waals surface area contributed by atoms with Crippen molar-refractivity contribution in [2.24, 2.45) is 0 Å². The monoisotopic (exact) mass is 620 g/mol. The van der Waals surface area contributed by atoms with Gasteiger partial charge in [-0.2, -0.15) is 0 Å².